The number of nitrogens with one attached hydrogen (secondary N) is 1. The van der Waals surface area contributed by atoms with Crippen molar-refractivity contribution < 1.29 is 0 Å². The quantitative estimate of drug-likeness (QED) is 0.798. The van der Waals surface area contributed by atoms with Crippen LogP contribution in [0.3, 0.4) is 0 Å². The predicted octanol–water partition coefficient (Wildman–Crippen LogP) is 4.50. The lowest BCUT2D eigenvalue weighted by atomic mass is 10.00. The van der Waals surface area contributed by atoms with Gasteiger partial charge in [-0.15, -0.1) is 0 Å². The molecular formula is C18H29ClN2. The Balaban J connectivity index is 1.95. The van der Waals surface area contributed by atoms with Crippen molar-refractivity contribution in [2.24, 2.45) is 5.92 Å². The third kappa shape index (κ3) is 4.70. The molecule has 1 aromatic rings. The minimum Gasteiger partial charge on any atom is -0.310 e. The lowest BCUT2D eigenvalue weighted by Gasteiger charge is -2.29. The number of nitrogens with zero attached hydrogens (tertiary/aromatic N) is 1. The van der Waals surface area contributed by atoms with Gasteiger partial charge in [0.2, 0.25) is 0 Å². The first-order valence-electron chi connectivity index (χ1n) is 8.34. The molecule has 3 heteroatoms. The third-order valence-corrected chi connectivity index (χ3v) is 4.86. The van der Waals surface area contributed by atoms with Gasteiger partial charge >= 0.3 is 0 Å². The molecule has 2 unspecified atom stereocenters. The first-order valence-corrected chi connectivity index (χ1v) is 8.72. The number of likely N-dealkylation sites (tertiary alicyclic amines) is 1. The highest BCUT2D eigenvalue weighted by Gasteiger charge is 2.27. The molecule has 0 spiro atoms. The summed E-state index contributed by atoms with van der Waals surface area (Å²) in [4.78, 5) is 2.69. The lowest BCUT2D eigenvalue weighted by molar-refractivity contribution is 0.197. The molecule has 1 fully saturated rings. The van der Waals surface area contributed by atoms with E-state index in [0.29, 0.717) is 6.04 Å². The number of benzene rings is 1. The monoisotopic (exact) mass is 308 g/mol. The first kappa shape index (κ1) is 16.8. The van der Waals surface area contributed by atoms with E-state index in [-0.39, 0.29) is 0 Å². The second-order valence-electron chi connectivity index (χ2n) is 6.44. The van der Waals surface area contributed by atoms with Crippen molar-refractivity contribution in [3.63, 3.8) is 0 Å². The van der Waals surface area contributed by atoms with Crippen molar-refractivity contribution in [3.05, 3.63) is 34.9 Å². The molecule has 0 aliphatic carbocycles. The van der Waals surface area contributed by atoms with E-state index in [2.05, 4.69) is 43.1 Å². The van der Waals surface area contributed by atoms with Crippen molar-refractivity contribution in [3.8, 4) is 0 Å². The molecule has 1 aliphatic heterocycles. The van der Waals surface area contributed by atoms with Crippen molar-refractivity contribution in [1.82, 2.24) is 10.2 Å². The van der Waals surface area contributed by atoms with Crippen LogP contribution in [-0.2, 0) is 0 Å². The summed E-state index contributed by atoms with van der Waals surface area (Å²) in [6, 6.07) is 9.50. The zero-order valence-electron chi connectivity index (χ0n) is 13.6. The van der Waals surface area contributed by atoms with Crippen molar-refractivity contribution in [2.75, 3.05) is 19.6 Å². The Labute approximate surface area is 134 Å². The summed E-state index contributed by atoms with van der Waals surface area (Å²) >= 11 is 6.00. The fourth-order valence-electron chi connectivity index (χ4n) is 3.51. The molecule has 1 saturated heterocycles. The van der Waals surface area contributed by atoms with Crippen LogP contribution in [0.5, 0.6) is 0 Å². The zero-order valence-corrected chi connectivity index (χ0v) is 14.4. The Morgan fingerprint density at radius 1 is 1.29 bits per heavy atom. The van der Waals surface area contributed by atoms with Crippen LogP contribution in [0.2, 0.25) is 5.02 Å². The molecule has 0 saturated carbocycles. The molecule has 2 rings (SSSR count). The average molecular weight is 309 g/mol. The van der Waals surface area contributed by atoms with Crippen LogP contribution in [0.25, 0.3) is 0 Å². The molecule has 0 aromatic heterocycles. The van der Waals surface area contributed by atoms with Gasteiger partial charge < -0.3 is 10.2 Å². The summed E-state index contributed by atoms with van der Waals surface area (Å²) in [5, 5.41) is 4.43. The first-order chi connectivity index (χ1) is 10.1. The standard InChI is InChI=1S/C18H29ClN2/c1-4-20-17(15-7-9-16(19)10-8-15)11-13-21-12-5-6-18(21)14(2)3/h7-10,14,17-18,20H,4-6,11-13H2,1-3H3. The molecule has 118 valence electrons. The fraction of sp³-hybridized carbons (Fsp3) is 0.667. The Bertz CT molecular complexity index is 416. The Kier molecular flexibility index (Phi) is 6.53. The molecular weight excluding hydrogens is 280 g/mol. The summed E-state index contributed by atoms with van der Waals surface area (Å²) in [5.74, 6) is 0.764. The third-order valence-electron chi connectivity index (χ3n) is 4.61. The molecule has 2 nitrogen and oxygen atoms in total. The van der Waals surface area contributed by atoms with E-state index in [0.717, 1.165) is 23.5 Å². The van der Waals surface area contributed by atoms with E-state index in [1.165, 1.54) is 37.9 Å². The van der Waals surface area contributed by atoms with Crippen LogP contribution in [-0.4, -0.2) is 30.6 Å². The number of hydrogen-bond acceptors (Lipinski definition) is 2. The average Bonchev–Trinajstić information content (AvgIpc) is 2.93. The number of halogens is 1. The van der Waals surface area contributed by atoms with E-state index in [1.54, 1.807) is 0 Å². The normalized spacial score (nSPS) is 21.1. The largest absolute Gasteiger partial charge is 0.310 e. The Hall–Kier alpha value is -0.570. The lowest BCUT2D eigenvalue weighted by Crippen LogP contribution is -2.36. The van der Waals surface area contributed by atoms with E-state index in [9.17, 15) is 0 Å². The number of hydrogen-bond donors (Lipinski definition) is 1. The van der Waals surface area contributed by atoms with Crippen molar-refractivity contribution in [2.45, 2.75) is 52.1 Å². The van der Waals surface area contributed by atoms with E-state index < -0.39 is 0 Å². The molecule has 0 radical (unpaired) electrons. The fourth-order valence-corrected chi connectivity index (χ4v) is 3.63. The number of rotatable bonds is 7. The summed E-state index contributed by atoms with van der Waals surface area (Å²) in [6.45, 7) is 10.3. The molecule has 1 aromatic carbocycles. The van der Waals surface area contributed by atoms with E-state index >= 15 is 0 Å². The van der Waals surface area contributed by atoms with E-state index in [1.807, 2.05) is 12.1 Å². The molecule has 1 heterocycles. The van der Waals surface area contributed by atoms with Gasteiger partial charge in [-0.1, -0.05) is 44.5 Å². The topological polar surface area (TPSA) is 15.3 Å². The smallest absolute Gasteiger partial charge is 0.0406 e. The van der Waals surface area contributed by atoms with Crippen LogP contribution in [0, 0.1) is 5.92 Å². The zero-order chi connectivity index (χ0) is 15.2. The summed E-state index contributed by atoms with van der Waals surface area (Å²) in [7, 11) is 0. The maximum atomic E-state index is 6.00. The van der Waals surface area contributed by atoms with Gasteiger partial charge in [-0.3, -0.25) is 0 Å². The highest BCUT2D eigenvalue weighted by Crippen LogP contribution is 2.26. The molecule has 21 heavy (non-hydrogen) atoms. The van der Waals surface area contributed by atoms with Gasteiger partial charge in [0, 0.05) is 23.7 Å². The highest BCUT2D eigenvalue weighted by atomic mass is 35.5. The summed E-state index contributed by atoms with van der Waals surface area (Å²) in [6.07, 6.45) is 3.89. The van der Waals surface area contributed by atoms with E-state index in [4.69, 9.17) is 11.6 Å². The van der Waals surface area contributed by atoms with Gasteiger partial charge in [-0.2, -0.15) is 0 Å². The maximum Gasteiger partial charge on any atom is 0.0406 e. The molecule has 0 bridgehead atoms. The van der Waals surface area contributed by atoms with Gasteiger partial charge in [0.25, 0.3) is 0 Å². The van der Waals surface area contributed by atoms with Crippen LogP contribution in [0.4, 0.5) is 0 Å². The molecule has 2 atom stereocenters. The SMILES string of the molecule is CCNC(CCN1CCCC1C(C)C)c1ccc(Cl)cc1. The van der Waals surface area contributed by atoms with Gasteiger partial charge in [0.1, 0.15) is 0 Å². The summed E-state index contributed by atoms with van der Waals surface area (Å²) in [5.41, 5.74) is 1.35. The minimum atomic E-state index is 0.431. The second kappa shape index (κ2) is 8.17. The summed E-state index contributed by atoms with van der Waals surface area (Å²) < 4.78 is 0. The van der Waals surface area contributed by atoms with Crippen molar-refractivity contribution in [1.29, 1.82) is 0 Å². The maximum absolute atomic E-state index is 6.00. The molecule has 0 amide bonds. The van der Waals surface area contributed by atoms with Gasteiger partial charge in [0.05, 0.1) is 0 Å². The van der Waals surface area contributed by atoms with Crippen LogP contribution in [0.15, 0.2) is 24.3 Å². The van der Waals surface area contributed by atoms with Gasteiger partial charge in [0.15, 0.2) is 0 Å². The van der Waals surface area contributed by atoms with Gasteiger partial charge in [-0.25, -0.2) is 0 Å². The van der Waals surface area contributed by atoms with Gasteiger partial charge in [-0.05, 0) is 56.0 Å². The predicted molar refractivity (Wildman–Crippen MR) is 91.9 cm³/mol. The van der Waals surface area contributed by atoms with Crippen molar-refractivity contribution >= 4 is 11.6 Å². The Morgan fingerprint density at radius 3 is 2.62 bits per heavy atom. The Morgan fingerprint density at radius 2 is 2.00 bits per heavy atom. The molecule has 1 aliphatic rings. The van der Waals surface area contributed by atoms with Crippen LogP contribution in [0.1, 0.15) is 51.6 Å². The van der Waals surface area contributed by atoms with Crippen LogP contribution >= 0.6 is 11.6 Å². The minimum absolute atomic E-state index is 0.431. The highest BCUT2D eigenvalue weighted by molar-refractivity contribution is 6.30. The van der Waals surface area contributed by atoms with Crippen LogP contribution < -0.4 is 5.32 Å². The second-order valence-corrected chi connectivity index (χ2v) is 6.88. The molecule has 1 N–H and O–H groups in total.